The van der Waals surface area contributed by atoms with Gasteiger partial charge in [0.05, 0.1) is 0 Å². The highest BCUT2D eigenvalue weighted by Crippen LogP contribution is 2.35. The molecule has 5 nitrogen and oxygen atoms in total. The van der Waals surface area contributed by atoms with E-state index in [4.69, 9.17) is 0 Å². The lowest BCUT2D eigenvalue weighted by molar-refractivity contribution is 0.188. The molecule has 0 radical (unpaired) electrons. The highest BCUT2D eigenvalue weighted by atomic mass is 16.2. The number of para-hydroxylation sites is 1. The zero-order valence-corrected chi connectivity index (χ0v) is 15.3. The normalized spacial score (nSPS) is 20.8. The van der Waals surface area contributed by atoms with Crippen molar-refractivity contribution in [3.63, 3.8) is 0 Å². The Balaban J connectivity index is 1.30. The quantitative estimate of drug-likeness (QED) is 0.923. The second kappa shape index (κ2) is 7.46. The summed E-state index contributed by atoms with van der Waals surface area (Å²) in [5, 5.41) is 3.26. The van der Waals surface area contributed by atoms with Crippen molar-refractivity contribution in [2.75, 3.05) is 24.5 Å². The van der Waals surface area contributed by atoms with Crippen LogP contribution in [0, 0.1) is 0 Å². The molecule has 2 amide bonds. The predicted octanol–water partition coefficient (Wildman–Crippen LogP) is 3.38. The zero-order valence-electron chi connectivity index (χ0n) is 15.3. The molecular formula is C21H26N4O. The van der Waals surface area contributed by atoms with Gasteiger partial charge in [0.2, 0.25) is 0 Å². The van der Waals surface area contributed by atoms with Crippen LogP contribution in [-0.4, -0.2) is 41.6 Å². The van der Waals surface area contributed by atoms with Crippen molar-refractivity contribution >= 4 is 11.7 Å². The van der Waals surface area contributed by atoms with Gasteiger partial charge in [0.25, 0.3) is 0 Å². The molecule has 0 saturated carbocycles. The zero-order chi connectivity index (χ0) is 17.9. The van der Waals surface area contributed by atoms with Crippen LogP contribution >= 0.6 is 0 Å². The van der Waals surface area contributed by atoms with Crippen molar-refractivity contribution in [1.29, 1.82) is 0 Å². The fourth-order valence-corrected chi connectivity index (χ4v) is 4.05. The Labute approximate surface area is 155 Å². The summed E-state index contributed by atoms with van der Waals surface area (Å²) in [5.74, 6) is 0.402. The molecule has 1 unspecified atom stereocenters. The van der Waals surface area contributed by atoms with Gasteiger partial charge in [-0.2, -0.15) is 0 Å². The highest BCUT2D eigenvalue weighted by molar-refractivity contribution is 5.94. The van der Waals surface area contributed by atoms with Gasteiger partial charge in [-0.3, -0.25) is 14.8 Å². The Bertz CT molecular complexity index is 756. The number of benzene rings is 1. The molecule has 1 N–H and O–H groups in total. The number of anilines is 1. The molecule has 1 saturated heterocycles. The Morgan fingerprint density at radius 3 is 2.65 bits per heavy atom. The van der Waals surface area contributed by atoms with Gasteiger partial charge >= 0.3 is 6.03 Å². The van der Waals surface area contributed by atoms with Crippen molar-refractivity contribution in [2.24, 2.45) is 0 Å². The average molecular weight is 350 g/mol. The molecule has 26 heavy (non-hydrogen) atoms. The first-order chi connectivity index (χ1) is 12.7. The monoisotopic (exact) mass is 350 g/mol. The molecule has 2 aliphatic rings. The van der Waals surface area contributed by atoms with E-state index in [1.807, 2.05) is 23.4 Å². The third-order valence-corrected chi connectivity index (χ3v) is 5.53. The molecule has 1 aromatic heterocycles. The maximum absolute atomic E-state index is 12.8. The number of amides is 2. The first-order valence-corrected chi connectivity index (χ1v) is 9.49. The molecule has 0 aliphatic carbocycles. The van der Waals surface area contributed by atoms with Crippen molar-refractivity contribution in [3.05, 3.63) is 59.9 Å². The van der Waals surface area contributed by atoms with E-state index in [1.165, 1.54) is 11.1 Å². The van der Waals surface area contributed by atoms with Gasteiger partial charge in [0, 0.05) is 56.2 Å². The van der Waals surface area contributed by atoms with Crippen molar-refractivity contribution in [2.45, 2.75) is 38.3 Å². The van der Waals surface area contributed by atoms with Gasteiger partial charge in [0.1, 0.15) is 0 Å². The largest absolute Gasteiger partial charge is 0.335 e. The molecule has 1 fully saturated rings. The number of nitrogens with zero attached hydrogens (tertiary/aromatic N) is 3. The van der Waals surface area contributed by atoms with E-state index in [0.29, 0.717) is 5.92 Å². The van der Waals surface area contributed by atoms with Gasteiger partial charge in [-0.1, -0.05) is 25.1 Å². The number of fused-ring (bicyclic) bond motifs is 1. The highest BCUT2D eigenvalue weighted by Gasteiger charge is 2.31. The van der Waals surface area contributed by atoms with Crippen LogP contribution in [0.1, 0.15) is 36.8 Å². The Morgan fingerprint density at radius 2 is 1.88 bits per heavy atom. The maximum atomic E-state index is 12.8. The Morgan fingerprint density at radius 1 is 1.15 bits per heavy atom. The van der Waals surface area contributed by atoms with Crippen LogP contribution in [0.2, 0.25) is 0 Å². The first kappa shape index (κ1) is 17.0. The summed E-state index contributed by atoms with van der Waals surface area (Å²) < 4.78 is 0. The lowest BCUT2D eigenvalue weighted by Gasteiger charge is -2.33. The fraction of sp³-hybridized carbons (Fsp3) is 0.429. The fourth-order valence-electron chi connectivity index (χ4n) is 4.05. The summed E-state index contributed by atoms with van der Waals surface area (Å²) in [7, 11) is 0. The molecule has 1 aromatic carbocycles. The van der Waals surface area contributed by atoms with Crippen LogP contribution in [0.5, 0.6) is 0 Å². The predicted molar refractivity (Wildman–Crippen MR) is 103 cm³/mol. The molecule has 4 rings (SSSR count). The number of likely N-dealkylation sites (tertiary alicyclic amines) is 1. The van der Waals surface area contributed by atoms with Crippen LogP contribution in [-0.2, 0) is 6.54 Å². The average Bonchev–Trinajstić information content (AvgIpc) is 3.01. The molecule has 0 spiro atoms. The molecule has 5 heteroatoms. The first-order valence-electron chi connectivity index (χ1n) is 9.49. The van der Waals surface area contributed by atoms with Crippen LogP contribution in [0.25, 0.3) is 0 Å². The van der Waals surface area contributed by atoms with Gasteiger partial charge in [-0.15, -0.1) is 0 Å². The number of rotatable bonds is 3. The van der Waals surface area contributed by atoms with Crippen LogP contribution in [0.15, 0.2) is 48.8 Å². The summed E-state index contributed by atoms with van der Waals surface area (Å²) in [5.41, 5.74) is 3.63. The summed E-state index contributed by atoms with van der Waals surface area (Å²) in [6, 6.07) is 12.7. The van der Waals surface area contributed by atoms with Gasteiger partial charge in [-0.05, 0) is 42.2 Å². The van der Waals surface area contributed by atoms with Gasteiger partial charge < -0.3 is 5.32 Å². The number of piperidine rings is 1. The topological polar surface area (TPSA) is 48.5 Å². The van der Waals surface area contributed by atoms with Crippen molar-refractivity contribution in [1.82, 2.24) is 15.2 Å². The number of carbonyl (C=O) groups is 1. The maximum Gasteiger partial charge on any atom is 0.322 e. The number of pyridine rings is 1. The van der Waals surface area contributed by atoms with E-state index in [-0.39, 0.29) is 12.1 Å². The number of urea groups is 1. The van der Waals surface area contributed by atoms with Crippen LogP contribution in [0.4, 0.5) is 10.5 Å². The lowest BCUT2D eigenvalue weighted by atomic mass is 10.0. The van der Waals surface area contributed by atoms with E-state index in [9.17, 15) is 4.79 Å². The number of nitrogens with one attached hydrogen (secondary N) is 1. The summed E-state index contributed by atoms with van der Waals surface area (Å²) in [6.07, 6.45) is 5.69. The second-order valence-electron chi connectivity index (χ2n) is 7.43. The summed E-state index contributed by atoms with van der Waals surface area (Å²) in [4.78, 5) is 21.2. The lowest BCUT2D eigenvalue weighted by Crippen LogP contribution is -2.49. The Hall–Kier alpha value is -2.40. The number of aromatic nitrogens is 1. The molecule has 1 atom stereocenters. The molecule has 2 aliphatic heterocycles. The minimum atomic E-state index is 0.0504. The van der Waals surface area contributed by atoms with Crippen LogP contribution < -0.4 is 10.2 Å². The summed E-state index contributed by atoms with van der Waals surface area (Å²) in [6.45, 7) is 5.94. The molecule has 136 valence electrons. The standard InChI is InChI=1S/C21H26N4O/c1-16-14-25(20-5-3-2-4-19(16)20)21(26)23-18-8-12-24(13-9-18)15-17-6-10-22-11-7-17/h2-7,10-11,16,18H,8-9,12-15H2,1H3,(H,23,26). The van der Waals surface area contributed by atoms with E-state index < -0.39 is 0 Å². The van der Waals surface area contributed by atoms with E-state index in [0.717, 1.165) is 44.7 Å². The molecular weight excluding hydrogens is 324 g/mol. The minimum absolute atomic E-state index is 0.0504. The third kappa shape index (κ3) is 3.58. The van der Waals surface area contributed by atoms with Crippen LogP contribution in [0.3, 0.4) is 0 Å². The molecule has 0 bridgehead atoms. The van der Waals surface area contributed by atoms with Gasteiger partial charge in [-0.25, -0.2) is 4.79 Å². The molecule has 2 aromatic rings. The summed E-state index contributed by atoms with van der Waals surface area (Å²) >= 11 is 0. The van der Waals surface area contributed by atoms with Crippen molar-refractivity contribution < 1.29 is 4.79 Å². The Kier molecular flexibility index (Phi) is 4.89. The van der Waals surface area contributed by atoms with E-state index >= 15 is 0 Å². The van der Waals surface area contributed by atoms with Crippen molar-refractivity contribution in [3.8, 4) is 0 Å². The van der Waals surface area contributed by atoms with Gasteiger partial charge in [0.15, 0.2) is 0 Å². The number of hydrogen-bond acceptors (Lipinski definition) is 3. The number of carbonyl (C=O) groups excluding carboxylic acids is 1. The number of hydrogen-bond donors (Lipinski definition) is 1. The van der Waals surface area contributed by atoms with E-state index in [2.05, 4.69) is 52.5 Å². The smallest absolute Gasteiger partial charge is 0.322 e. The third-order valence-electron chi connectivity index (χ3n) is 5.53. The minimum Gasteiger partial charge on any atom is -0.335 e. The second-order valence-corrected chi connectivity index (χ2v) is 7.43. The van der Waals surface area contributed by atoms with E-state index in [1.54, 1.807) is 0 Å². The SMILES string of the molecule is CC1CN(C(=O)NC2CCN(Cc3ccncc3)CC2)c2ccccc21. The molecule has 3 heterocycles.